The molecule has 0 spiro atoms. The lowest BCUT2D eigenvalue weighted by molar-refractivity contribution is -0.121. The summed E-state index contributed by atoms with van der Waals surface area (Å²) >= 11 is 10.9. The Morgan fingerprint density at radius 1 is 1.12 bits per heavy atom. The minimum Gasteiger partial charge on any atom is -0.359 e. The molecule has 1 aromatic rings. The number of carbonyl (C=O) groups is 2. The van der Waals surface area contributed by atoms with Crippen LogP contribution < -0.4 is 21.5 Å². The van der Waals surface area contributed by atoms with E-state index in [2.05, 4.69) is 21.5 Å². The summed E-state index contributed by atoms with van der Waals surface area (Å²) in [5, 5.41) is 6.82. The molecular formula is C16H21ClN4O2S. The van der Waals surface area contributed by atoms with Crippen LogP contribution in [0.5, 0.6) is 0 Å². The molecule has 1 saturated carbocycles. The zero-order valence-electron chi connectivity index (χ0n) is 13.2. The number of hydrazine groups is 1. The number of rotatable bonds is 5. The summed E-state index contributed by atoms with van der Waals surface area (Å²) < 4.78 is 0. The van der Waals surface area contributed by atoms with Gasteiger partial charge in [-0.3, -0.25) is 20.4 Å². The fourth-order valence-electron chi connectivity index (χ4n) is 2.47. The summed E-state index contributed by atoms with van der Waals surface area (Å²) in [4.78, 5) is 23.6. The highest BCUT2D eigenvalue weighted by Crippen LogP contribution is 2.17. The molecule has 2 rings (SSSR count). The van der Waals surface area contributed by atoms with Gasteiger partial charge in [0, 0.05) is 29.6 Å². The Hall–Kier alpha value is -1.86. The summed E-state index contributed by atoms with van der Waals surface area (Å²) in [5.41, 5.74) is 5.69. The first-order valence-corrected chi connectivity index (χ1v) is 8.72. The molecule has 24 heavy (non-hydrogen) atoms. The summed E-state index contributed by atoms with van der Waals surface area (Å²) in [6.45, 7) is 0.234. The van der Waals surface area contributed by atoms with Crippen LogP contribution in [0.25, 0.3) is 0 Å². The maximum Gasteiger partial charge on any atom is 0.251 e. The lowest BCUT2D eigenvalue weighted by atomic mass is 10.2. The largest absolute Gasteiger partial charge is 0.359 e. The molecule has 1 aromatic carbocycles. The molecule has 0 heterocycles. The van der Waals surface area contributed by atoms with Crippen molar-refractivity contribution < 1.29 is 9.59 Å². The van der Waals surface area contributed by atoms with E-state index < -0.39 is 0 Å². The van der Waals surface area contributed by atoms with Crippen LogP contribution in [0.2, 0.25) is 5.02 Å². The zero-order valence-corrected chi connectivity index (χ0v) is 14.8. The second-order valence-corrected chi connectivity index (χ2v) is 6.49. The van der Waals surface area contributed by atoms with Crippen molar-refractivity contribution in [3.8, 4) is 0 Å². The number of benzene rings is 1. The van der Waals surface area contributed by atoms with E-state index in [4.69, 9.17) is 23.8 Å². The van der Waals surface area contributed by atoms with Gasteiger partial charge in [-0.05, 0) is 49.3 Å². The molecule has 4 N–H and O–H groups in total. The highest BCUT2D eigenvalue weighted by molar-refractivity contribution is 7.80. The molecule has 1 aliphatic rings. The van der Waals surface area contributed by atoms with Gasteiger partial charge in [-0.25, -0.2) is 0 Å². The number of nitrogens with one attached hydrogen (secondary N) is 4. The normalized spacial score (nSPS) is 14.0. The first-order valence-electron chi connectivity index (χ1n) is 7.94. The molecule has 0 atom stereocenters. The van der Waals surface area contributed by atoms with Gasteiger partial charge in [-0.2, -0.15) is 0 Å². The van der Waals surface area contributed by atoms with Crippen molar-refractivity contribution in [2.24, 2.45) is 0 Å². The predicted octanol–water partition coefficient (Wildman–Crippen LogP) is 1.90. The fraction of sp³-hybridized carbons (Fsp3) is 0.438. The smallest absolute Gasteiger partial charge is 0.251 e. The Morgan fingerprint density at radius 3 is 2.46 bits per heavy atom. The molecule has 1 fully saturated rings. The van der Waals surface area contributed by atoms with E-state index in [0.29, 0.717) is 21.7 Å². The molecule has 0 radical (unpaired) electrons. The molecule has 6 nitrogen and oxygen atoms in total. The molecule has 0 aromatic heterocycles. The summed E-state index contributed by atoms with van der Waals surface area (Å²) in [6.07, 6.45) is 4.78. The third-order valence-corrected chi connectivity index (χ3v) is 4.22. The van der Waals surface area contributed by atoms with Crippen molar-refractivity contribution in [2.45, 2.75) is 38.1 Å². The van der Waals surface area contributed by atoms with E-state index in [-0.39, 0.29) is 24.8 Å². The van der Waals surface area contributed by atoms with E-state index in [1.165, 1.54) is 12.8 Å². The Labute approximate surface area is 151 Å². The Morgan fingerprint density at radius 2 is 1.79 bits per heavy atom. The molecule has 8 heteroatoms. The zero-order chi connectivity index (χ0) is 17.4. The van der Waals surface area contributed by atoms with Crippen molar-refractivity contribution in [1.82, 2.24) is 21.5 Å². The lowest BCUT2D eigenvalue weighted by Crippen LogP contribution is -2.49. The van der Waals surface area contributed by atoms with Crippen LogP contribution in [-0.4, -0.2) is 29.5 Å². The van der Waals surface area contributed by atoms with Gasteiger partial charge >= 0.3 is 0 Å². The van der Waals surface area contributed by atoms with Crippen molar-refractivity contribution in [2.75, 3.05) is 6.54 Å². The first kappa shape index (κ1) is 18.5. The molecule has 0 unspecified atom stereocenters. The van der Waals surface area contributed by atoms with E-state index in [1.807, 2.05) is 0 Å². The molecule has 0 saturated heterocycles. The first-order chi connectivity index (χ1) is 11.5. The second-order valence-electron chi connectivity index (χ2n) is 5.64. The van der Waals surface area contributed by atoms with Crippen LogP contribution in [0.3, 0.4) is 0 Å². The van der Waals surface area contributed by atoms with E-state index >= 15 is 0 Å². The van der Waals surface area contributed by atoms with Gasteiger partial charge in [0.15, 0.2) is 5.11 Å². The monoisotopic (exact) mass is 368 g/mol. The summed E-state index contributed by atoms with van der Waals surface area (Å²) in [5.74, 6) is -0.493. The molecule has 0 bridgehead atoms. The minimum absolute atomic E-state index is 0.151. The van der Waals surface area contributed by atoms with Crippen molar-refractivity contribution in [3.63, 3.8) is 0 Å². The maximum atomic E-state index is 11.9. The number of hydrogen-bond acceptors (Lipinski definition) is 3. The summed E-state index contributed by atoms with van der Waals surface area (Å²) in [6, 6.07) is 6.94. The van der Waals surface area contributed by atoms with Crippen LogP contribution in [0.1, 0.15) is 42.5 Å². The Balaban J connectivity index is 1.59. The molecular weight excluding hydrogens is 348 g/mol. The Bertz CT molecular complexity index is 588. The number of carbonyl (C=O) groups excluding carboxylic acids is 2. The van der Waals surface area contributed by atoms with Crippen LogP contribution in [0.15, 0.2) is 24.3 Å². The maximum absolute atomic E-state index is 11.9. The topological polar surface area (TPSA) is 82.3 Å². The van der Waals surface area contributed by atoms with Gasteiger partial charge in [0.05, 0.1) is 0 Å². The van der Waals surface area contributed by atoms with Crippen LogP contribution in [0, 0.1) is 0 Å². The van der Waals surface area contributed by atoms with Crippen molar-refractivity contribution in [3.05, 3.63) is 34.9 Å². The number of thiocarbonyl (C=S) groups is 1. The number of halogens is 1. The van der Waals surface area contributed by atoms with Gasteiger partial charge in [0.25, 0.3) is 5.91 Å². The van der Waals surface area contributed by atoms with E-state index in [9.17, 15) is 9.59 Å². The minimum atomic E-state index is -0.248. The molecule has 2 amide bonds. The average Bonchev–Trinajstić information content (AvgIpc) is 3.06. The van der Waals surface area contributed by atoms with Crippen molar-refractivity contribution >= 4 is 40.7 Å². The Kier molecular flexibility index (Phi) is 7.27. The third kappa shape index (κ3) is 6.33. The standard InChI is InChI=1S/C16H21ClN4O2S/c17-12-7-5-11(6-8-12)15(23)18-10-9-14(22)20-21-16(24)19-13-3-1-2-4-13/h5-8,13H,1-4,9-10H2,(H,18,23)(H,20,22)(H2,19,21,24). The average molecular weight is 369 g/mol. The van der Waals surface area contributed by atoms with Crippen molar-refractivity contribution in [1.29, 1.82) is 0 Å². The van der Waals surface area contributed by atoms with Gasteiger partial charge in [-0.1, -0.05) is 24.4 Å². The predicted molar refractivity (Wildman–Crippen MR) is 97.7 cm³/mol. The second kappa shape index (κ2) is 9.44. The SMILES string of the molecule is O=C(CCNC(=O)c1ccc(Cl)cc1)NNC(=S)NC1CCCC1. The highest BCUT2D eigenvalue weighted by Gasteiger charge is 2.15. The number of amides is 2. The molecule has 130 valence electrons. The van der Waals surface area contributed by atoms with Gasteiger partial charge in [0.1, 0.15) is 0 Å². The van der Waals surface area contributed by atoms with Gasteiger partial charge in [-0.15, -0.1) is 0 Å². The fourth-order valence-corrected chi connectivity index (χ4v) is 2.82. The quantitative estimate of drug-likeness (QED) is 0.471. The molecule has 1 aliphatic carbocycles. The third-order valence-electron chi connectivity index (χ3n) is 3.75. The number of hydrogen-bond donors (Lipinski definition) is 4. The highest BCUT2D eigenvalue weighted by atomic mass is 35.5. The van der Waals surface area contributed by atoms with E-state index in [1.54, 1.807) is 24.3 Å². The van der Waals surface area contributed by atoms with Crippen LogP contribution in [0.4, 0.5) is 0 Å². The van der Waals surface area contributed by atoms with Gasteiger partial charge in [0.2, 0.25) is 5.91 Å². The van der Waals surface area contributed by atoms with Crippen LogP contribution in [-0.2, 0) is 4.79 Å². The van der Waals surface area contributed by atoms with Crippen LogP contribution >= 0.6 is 23.8 Å². The molecule has 0 aliphatic heterocycles. The van der Waals surface area contributed by atoms with Gasteiger partial charge < -0.3 is 10.6 Å². The summed E-state index contributed by atoms with van der Waals surface area (Å²) in [7, 11) is 0. The lowest BCUT2D eigenvalue weighted by Gasteiger charge is -2.16. The van der Waals surface area contributed by atoms with E-state index in [0.717, 1.165) is 12.8 Å².